The highest BCUT2D eigenvalue weighted by Gasteiger charge is 2.44. The van der Waals surface area contributed by atoms with Gasteiger partial charge in [0.15, 0.2) is 5.12 Å². The van der Waals surface area contributed by atoms with E-state index in [9.17, 15) is 18.0 Å². The number of thiol groups is 1. The average molecular weight is 294 g/mol. The monoisotopic (exact) mass is 294 g/mol. The fourth-order valence-electron chi connectivity index (χ4n) is 1.35. The fourth-order valence-corrected chi connectivity index (χ4v) is 1.61. The summed E-state index contributed by atoms with van der Waals surface area (Å²) in [5, 5.41) is 0.0923. The van der Waals surface area contributed by atoms with Gasteiger partial charge in [0.1, 0.15) is 0 Å². The Labute approximate surface area is 103 Å². The van der Waals surface area contributed by atoms with Crippen molar-refractivity contribution in [2.75, 3.05) is 0 Å². The van der Waals surface area contributed by atoms with Crippen molar-refractivity contribution in [3.05, 3.63) is 0 Å². The fraction of sp³-hybridized carbons (Fsp3) is 0.875. The maximum Gasteiger partial charge on any atom is 0.522 e. The highest BCUT2D eigenvalue weighted by molar-refractivity contribution is 7.96. The van der Waals surface area contributed by atoms with Crippen molar-refractivity contribution in [2.24, 2.45) is 5.92 Å². The molecule has 17 heavy (non-hydrogen) atoms. The first-order valence-electron chi connectivity index (χ1n) is 4.82. The minimum Gasteiger partial charge on any atom is -0.287 e. The molecule has 0 radical (unpaired) electrons. The first-order chi connectivity index (χ1) is 7.55. The number of carbonyl (C=O) groups excluding carboxylic acids is 1. The lowest BCUT2D eigenvalue weighted by molar-refractivity contribution is -0.115. The second-order valence-corrected chi connectivity index (χ2v) is 5.45. The lowest BCUT2D eigenvalue weighted by atomic mass is 9.90. The van der Waals surface area contributed by atoms with Crippen molar-refractivity contribution in [1.82, 2.24) is 0 Å². The van der Waals surface area contributed by atoms with E-state index >= 15 is 0 Å². The Hall–Kier alpha value is -0.280. The summed E-state index contributed by atoms with van der Waals surface area (Å²) in [6.45, 7) is 0. The summed E-state index contributed by atoms with van der Waals surface area (Å²) < 4.78 is 57.5. The summed E-state index contributed by atoms with van der Waals surface area (Å²) >= 11 is 3.80. The molecule has 0 saturated heterocycles. The number of halogens is 3. The summed E-state index contributed by atoms with van der Waals surface area (Å²) in [5.74, 6) is 0.280. The van der Waals surface area contributed by atoms with E-state index in [1.165, 1.54) is 19.3 Å². The van der Waals surface area contributed by atoms with Gasteiger partial charge < -0.3 is 0 Å². The topological polar surface area (TPSA) is 71.4 Å². The van der Waals surface area contributed by atoms with E-state index in [-0.39, 0.29) is 11.0 Å². The molecule has 1 N–H and O–H groups in total. The molecule has 0 aliphatic heterocycles. The molecule has 0 atom stereocenters. The van der Waals surface area contributed by atoms with Gasteiger partial charge in [-0.1, -0.05) is 19.3 Å². The molecule has 0 heterocycles. The van der Waals surface area contributed by atoms with Gasteiger partial charge >= 0.3 is 15.6 Å². The van der Waals surface area contributed by atoms with Gasteiger partial charge in [0, 0.05) is 5.92 Å². The van der Waals surface area contributed by atoms with E-state index in [1.54, 1.807) is 0 Å². The molecule has 0 bridgehead atoms. The molecule has 0 aromatic carbocycles. The number of hydrogen-bond donors (Lipinski definition) is 2. The number of carbonyl (C=O) groups is 1. The quantitative estimate of drug-likeness (QED) is 0.442. The smallest absolute Gasteiger partial charge is 0.287 e. The van der Waals surface area contributed by atoms with Crippen LogP contribution in [-0.2, 0) is 14.9 Å². The van der Waals surface area contributed by atoms with E-state index in [0.717, 1.165) is 12.8 Å². The van der Waals surface area contributed by atoms with Crippen LogP contribution >= 0.6 is 12.6 Å². The summed E-state index contributed by atoms with van der Waals surface area (Å²) in [7, 11) is -5.84. The highest BCUT2D eigenvalue weighted by atomic mass is 32.2. The third-order valence-electron chi connectivity index (χ3n) is 2.25. The Morgan fingerprint density at radius 2 is 1.53 bits per heavy atom. The van der Waals surface area contributed by atoms with Crippen LogP contribution in [0.25, 0.3) is 0 Å². The first kappa shape index (κ1) is 16.7. The van der Waals surface area contributed by atoms with Gasteiger partial charge in [-0.3, -0.25) is 9.35 Å². The van der Waals surface area contributed by atoms with Crippen LogP contribution in [-0.4, -0.2) is 23.6 Å². The summed E-state index contributed by atoms with van der Waals surface area (Å²) in [6, 6.07) is 0. The zero-order chi connectivity index (χ0) is 13.7. The second-order valence-electron chi connectivity index (χ2n) is 3.59. The normalized spacial score (nSPS) is 18.2. The van der Waals surface area contributed by atoms with Crippen LogP contribution in [0.2, 0.25) is 0 Å². The van der Waals surface area contributed by atoms with Gasteiger partial charge in [-0.25, -0.2) is 0 Å². The molecule has 1 saturated carbocycles. The molecule has 1 rings (SSSR count). The van der Waals surface area contributed by atoms with Crippen molar-refractivity contribution in [2.45, 2.75) is 37.6 Å². The zero-order valence-electron chi connectivity index (χ0n) is 8.77. The maximum absolute atomic E-state index is 10.7. The van der Waals surface area contributed by atoms with Crippen molar-refractivity contribution >= 4 is 27.9 Å². The molecule has 0 aromatic heterocycles. The summed E-state index contributed by atoms with van der Waals surface area (Å²) in [4.78, 5) is 10.7. The van der Waals surface area contributed by atoms with E-state index < -0.39 is 15.6 Å². The molecule has 9 heteroatoms. The Bertz CT molecular complexity index is 344. The van der Waals surface area contributed by atoms with Crippen LogP contribution in [0.4, 0.5) is 13.2 Å². The van der Waals surface area contributed by atoms with Crippen LogP contribution < -0.4 is 0 Å². The maximum atomic E-state index is 10.7. The largest absolute Gasteiger partial charge is 0.522 e. The van der Waals surface area contributed by atoms with Crippen LogP contribution in [0.3, 0.4) is 0 Å². The second kappa shape index (κ2) is 6.60. The van der Waals surface area contributed by atoms with E-state index in [0.29, 0.717) is 0 Å². The van der Waals surface area contributed by atoms with Crippen molar-refractivity contribution in [3.8, 4) is 0 Å². The van der Waals surface area contributed by atoms with Crippen molar-refractivity contribution in [1.29, 1.82) is 0 Å². The van der Waals surface area contributed by atoms with Gasteiger partial charge in [0.2, 0.25) is 0 Å². The number of alkyl halides is 3. The molecule has 4 nitrogen and oxygen atoms in total. The van der Waals surface area contributed by atoms with Gasteiger partial charge in [-0.2, -0.15) is 21.6 Å². The predicted molar refractivity (Wildman–Crippen MR) is 58.2 cm³/mol. The number of hydrogen-bond acceptors (Lipinski definition) is 3. The molecular formula is C8H13F3O4S2. The molecule has 1 aliphatic rings. The van der Waals surface area contributed by atoms with E-state index in [1.807, 2.05) is 0 Å². The van der Waals surface area contributed by atoms with E-state index in [2.05, 4.69) is 12.6 Å². The SMILES string of the molecule is O=C(S)C1CCCCC1.O=S(=O)(O)C(F)(F)F. The summed E-state index contributed by atoms with van der Waals surface area (Å²) in [6.07, 6.45) is 5.89. The number of rotatable bonds is 1. The molecule has 102 valence electrons. The van der Waals surface area contributed by atoms with Crippen LogP contribution in [0.5, 0.6) is 0 Å². The molecule has 0 spiro atoms. The molecule has 0 amide bonds. The average Bonchev–Trinajstić information content (AvgIpc) is 2.17. The van der Waals surface area contributed by atoms with Gasteiger partial charge in [0.05, 0.1) is 0 Å². The van der Waals surface area contributed by atoms with Gasteiger partial charge in [-0.15, -0.1) is 12.6 Å². The molecule has 0 unspecified atom stereocenters. The molecule has 1 aliphatic carbocycles. The lowest BCUT2D eigenvalue weighted by Crippen LogP contribution is -2.21. The Morgan fingerprint density at radius 3 is 1.71 bits per heavy atom. The lowest BCUT2D eigenvalue weighted by Gasteiger charge is -2.17. The predicted octanol–water partition coefficient (Wildman–Crippen LogP) is 2.42. The zero-order valence-corrected chi connectivity index (χ0v) is 10.5. The molecular weight excluding hydrogens is 281 g/mol. The minimum absolute atomic E-state index is 0.0923. The standard InChI is InChI=1S/C7H12OS.CHF3O3S/c8-7(9)6-4-2-1-3-5-6;2-1(3,4)8(5,6)7/h6H,1-5H2,(H,8,9);(H,5,6,7). The molecule has 1 fully saturated rings. The Balaban J connectivity index is 0.000000304. The van der Waals surface area contributed by atoms with Crippen LogP contribution in [0, 0.1) is 5.92 Å². The third kappa shape index (κ3) is 6.89. The van der Waals surface area contributed by atoms with Gasteiger partial charge in [0.25, 0.3) is 0 Å². The Kier molecular flexibility index (Phi) is 6.49. The first-order valence-corrected chi connectivity index (χ1v) is 6.71. The van der Waals surface area contributed by atoms with Crippen LogP contribution in [0.15, 0.2) is 0 Å². The van der Waals surface area contributed by atoms with Crippen molar-refractivity contribution < 1.29 is 30.9 Å². The van der Waals surface area contributed by atoms with Crippen molar-refractivity contribution in [3.63, 3.8) is 0 Å². The third-order valence-corrected chi connectivity index (χ3v) is 3.20. The van der Waals surface area contributed by atoms with Crippen LogP contribution in [0.1, 0.15) is 32.1 Å². The highest BCUT2D eigenvalue weighted by Crippen LogP contribution is 2.24. The minimum atomic E-state index is -5.84. The van der Waals surface area contributed by atoms with Gasteiger partial charge in [-0.05, 0) is 12.8 Å². The summed E-state index contributed by atoms with van der Waals surface area (Å²) in [5.41, 5.74) is -5.53. The Morgan fingerprint density at radius 1 is 1.18 bits per heavy atom. The molecule has 0 aromatic rings. The van der Waals surface area contributed by atoms with E-state index in [4.69, 9.17) is 13.0 Å².